The number of anilines is 1. The molecular formula is C13H17NO3. The maximum atomic E-state index is 11.4. The van der Waals surface area contributed by atoms with Gasteiger partial charge in [0.2, 0.25) is 0 Å². The van der Waals surface area contributed by atoms with Crippen molar-refractivity contribution in [3.05, 3.63) is 23.8 Å². The van der Waals surface area contributed by atoms with Gasteiger partial charge in [-0.25, -0.2) is 0 Å². The van der Waals surface area contributed by atoms with Crippen molar-refractivity contribution in [3.8, 4) is 5.75 Å². The average Bonchev–Trinajstić information content (AvgIpc) is 3.09. The minimum atomic E-state index is -0.758. The van der Waals surface area contributed by atoms with E-state index >= 15 is 0 Å². The summed E-state index contributed by atoms with van der Waals surface area (Å²) in [6.07, 6.45) is 1.38. The molecule has 92 valence electrons. The first-order valence-electron chi connectivity index (χ1n) is 5.60. The Balaban J connectivity index is 2.50. The van der Waals surface area contributed by atoms with Crippen LogP contribution in [0.5, 0.6) is 5.75 Å². The minimum Gasteiger partial charge on any atom is -0.496 e. The molecule has 4 heteroatoms. The van der Waals surface area contributed by atoms with E-state index in [2.05, 4.69) is 0 Å². The number of carboxylic acids is 1. The third kappa shape index (κ3) is 1.84. The summed E-state index contributed by atoms with van der Waals surface area (Å²) in [5.74, 6) is -0.0952. The highest BCUT2D eigenvalue weighted by atomic mass is 16.5. The second-order valence-corrected chi connectivity index (χ2v) is 4.67. The normalized spacial score (nSPS) is 16.4. The van der Waals surface area contributed by atoms with Gasteiger partial charge in [0.1, 0.15) is 5.75 Å². The maximum absolute atomic E-state index is 11.4. The summed E-state index contributed by atoms with van der Waals surface area (Å²) in [6.45, 7) is 0. The number of rotatable bonds is 4. The number of hydrogen-bond acceptors (Lipinski definition) is 3. The first-order chi connectivity index (χ1) is 8.01. The van der Waals surface area contributed by atoms with Gasteiger partial charge in [0, 0.05) is 25.3 Å². The predicted molar refractivity (Wildman–Crippen MR) is 65.9 cm³/mol. The Morgan fingerprint density at radius 1 is 1.41 bits per heavy atom. The van der Waals surface area contributed by atoms with Crippen LogP contribution in [0.25, 0.3) is 0 Å². The largest absolute Gasteiger partial charge is 0.496 e. The van der Waals surface area contributed by atoms with Gasteiger partial charge in [-0.2, -0.15) is 0 Å². The van der Waals surface area contributed by atoms with E-state index in [1.165, 1.54) is 0 Å². The lowest BCUT2D eigenvalue weighted by Crippen LogP contribution is -2.21. The SMILES string of the molecule is COc1ccc(N(C)C)cc1C1(C(=O)O)CC1. The van der Waals surface area contributed by atoms with Crippen molar-refractivity contribution in [1.82, 2.24) is 0 Å². The van der Waals surface area contributed by atoms with Crippen LogP contribution in [0, 0.1) is 0 Å². The first-order valence-corrected chi connectivity index (χ1v) is 5.60. The molecule has 1 aromatic carbocycles. The van der Waals surface area contributed by atoms with E-state index < -0.39 is 11.4 Å². The van der Waals surface area contributed by atoms with Crippen LogP contribution in [-0.2, 0) is 10.2 Å². The number of methoxy groups -OCH3 is 1. The van der Waals surface area contributed by atoms with E-state index in [-0.39, 0.29) is 0 Å². The van der Waals surface area contributed by atoms with Crippen molar-refractivity contribution in [1.29, 1.82) is 0 Å². The van der Waals surface area contributed by atoms with Gasteiger partial charge in [-0.05, 0) is 31.0 Å². The lowest BCUT2D eigenvalue weighted by Gasteiger charge is -2.19. The number of hydrogen-bond donors (Lipinski definition) is 1. The Kier molecular flexibility index (Phi) is 2.73. The standard InChI is InChI=1S/C13H17NO3/c1-14(2)9-4-5-11(17-3)10(8-9)13(6-7-13)12(15)16/h4-5,8H,6-7H2,1-3H3,(H,15,16). The molecule has 0 spiro atoms. The summed E-state index contributed by atoms with van der Waals surface area (Å²) in [4.78, 5) is 13.3. The van der Waals surface area contributed by atoms with Crippen LogP contribution in [0.1, 0.15) is 18.4 Å². The van der Waals surface area contributed by atoms with Gasteiger partial charge in [0.05, 0.1) is 12.5 Å². The van der Waals surface area contributed by atoms with E-state index in [0.717, 1.165) is 11.3 Å². The molecule has 1 aliphatic rings. The summed E-state index contributed by atoms with van der Waals surface area (Å²) in [5, 5.41) is 9.34. The highest BCUT2D eigenvalue weighted by Crippen LogP contribution is 2.52. The predicted octanol–water partition coefficient (Wildman–Crippen LogP) is 1.88. The molecular weight excluding hydrogens is 218 g/mol. The van der Waals surface area contributed by atoms with Gasteiger partial charge in [-0.3, -0.25) is 4.79 Å². The molecule has 0 unspecified atom stereocenters. The molecule has 1 N–H and O–H groups in total. The highest BCUT2D eigenvalue weighted by molar-refractivity contribution is 5.86. The van der Waals surface area contributed by atoms with Crippen LogP contribution in [0.4, 0.5) is 5.69 Å². The van der Waals surface area contributed by atoms with Crippen LogP contribution in [0.3, 0.4) is 0 Å². The number of carboxylic acid groups (broad SMARTS) is 1. The van der Waals surface area contributed by atoms with Crippen LogP contribution in [-0.4, -0.2) is 32.3 Å². The lowest BCUT2D eigenvalue weighted by molar-refractivity contribution is -0.140. The third-order valence-corrected chi connectivity index (χ3v) is 3.37. The van der Waals surface area contributed by atoms with Crippen molar-refractivity contribution in [3.63, 3.8) is 0 Å². The molecule has 0 saturated heterocycles. The van der Waals surface area contributed by atoms with Gasteiger partial charge in [0.15, 0.2) is 0 Å². The highest BCUT2D eigenvalue weighted by Gasteiger charge is 2.53. The Hall–Kier alpha value is -1.71. The molecule has 0 atom stereocenters. The molecule has 0 aromatic heterocycles. The van der Waals surface area contributed by atoms with Gasteiger partial charge >= 0.3 is 5.97 Å². The second-order valence-electron chi connectivity index (χ2n) is 4.67. The quantitative estimate of drug-likeness (QED) is 0.865. The first kappa shape index (κ1) is 11.8. The summed E-state index contributed by atoms with van der Waals surface area (Å²) < 4.78 is 5.27. The smallest absolute Gasteiger partial charge is 0.314 e. The Morgan fingerprint density at radius 2 is 2.06 bits per heavy atom. The molecule has 1 aliphatic carbocycles. The molecule has 0 amide bonds. The zero-order valence-electron chi connectivity index (χ0n) is 10.4. The summed E-state index contributed by atoms with van der Waals surface area (Å²) in [7, 11) is 5.45. The fourth-order valence-electron chi connectivity index (χ4n) is 2.07. The molecule has 0 aliphatic heterocycles. The van der Waals surface area contributed by atoms with Gasteiger partial charge in [-0.15, -0.1) is 0 Å². The Bertz CT molecular complexity index is 450. The summed E-state index contributed by atoms with van der Waals surface area (Å²) >= 11 is 0. The van der Waals surface area contributed by atoms with Crippen LogP contribution >= 0.6 is 0 Å². The molecule has 0 heterocycles. The molecule has 1 fully saturated rings. The third-order valence-electron chi connectivity index (χ3n) is 3.37. The number of ether oxygens (including phenoxy) is 1. The lowest BCUT2D eigenvalue weighted by atomic mass is 9.94. The van der Waals surface area contributed by atoms with Crippen molar-refractivity contribution < 1.29 is 14.6 Å². The van der Waals surface area contributed by atoms with Crippen molar-refractivity contribution >= 4 is 11.7 Å². The monoisotopic (exact) mass is 235 g/mol. The topological polar surface area (TPSA) is 49.8 Å². The summed E-state index contributed by atoms with van der Waals surface area (Å²) in [5.41, 5.74) is 1.06. The molecule has 1 saturated carbocycles. The number of benzene rings is 1. The van der Waals surface area contributed by atoms with E-state index in [1.54, 1.807) is 7.11 Å². The Morgan fingerprint density at radius 3 is 2.47 bits per heavy atom. The second kappa shape index (κ2) is 3.95. The van der Waals surface area contributed by atoms with Crippen LogP contribution < -0.4 is 9.64 Å². The zero-order valence-corrected chi connectivity index (χ0v) is 10.4. The average molecular weight is 235 g/mol. The molecule has 0 radical (unpaired) electrons. The van der Waals surface area contributed by atoms with Gasteiger partial charge in [0.25, 0.3) is 0 Å². The van der Waals surface area contributed by atoms with Crippen LogP contribution in [0.2, 0.25) is 0 Å². The van der Waals surface area contributed by atoms with Crippen molar-refractivity contribution in [2.75, 3.05) is 26.1 Å². The fraction of sp³-hybridized carbons (Fsp3) is 0.462. The van der Waals surface area contributed by atoms with E-state index in [4.69, 9.17) is 4.74 Å². The minimum absolute atomic E-state index is 0.663. The number of carbonyl (C=O) groups is 1. The molecule has 17 heavy (non-hydrogen) atoms. The Labute approximate surface area is 101 Å². The van der Waals surface area contributed by atoms with E-state index in [0.29, 0.717) is 18.6 Å². The van der Waals surface area contributed by atoms with Crippen molar-refractivity contribution in [2.24, 2.45) is 0 Å². The van der Waals surface area contributed by atoms with Gasteiger partial charge < -0.3 is 14.7 Å². The molecule has 1 aromatic rings. The molecule has 2 rings (SSSR count). The maximum Gasteiger partial charge on any atom is 0.314 e. The summed E-state index contributed by atoms with van der Waals surface area (Å²) in [6, 6.07) is 5.69. The number of nitrogens with zero attached hydrogens (tertiary/aromatic N) is 1. The van der Waals surface area contributed by atoms with Gasteiger partial charge in [-0.1, -0.05) is 0 Å². The fourth-order valence-corrected chi connectivity index (χ4v) is 2.07. The van der Waals surface area contributed by atoms with E-state index in [1.807, 2.05) is 37.2 Å². The van der Waals surface area contributed by atoms with E-state index in [9.17, 15) is 9.90 Å². The molecule has 0 bridgehead atoms. The zero-order chi connectivity index (χ0) is 12.6. The molecule has 4 nitrogen and oxygen atoms in total. The van der Waals surface area contributed by atoms with Crippen LogP contribution in [0.15, 0.2) is 18.2 Å². The number of aliphatic carboxylic acids is 1. The van der Waals surface area contributed by atoms with Crippen molar-refractivity contribution in [2.45, 2.75) is 18.3 Å².